The van der Waals surface area contributed by atoms with Gasteiger partial charge in [-0.3, -0.25) is 4.79 Å². The molecule has 0 aromatic carbocycles. The predicted molar refractivity (Wildman–Crippen MR) is 57.2 cm³/mol. The molecule has 2 N–H and O–H groups in total. The molecule has 6 nitrogen and oxygen atoms in total. The Morgan fingerprint density at radius 1 is 1.56 bits per heavy atom. The Balaban J connectivity index is 2.93. The van der Waals surface area contributed by atoms with E-state index < -0.39 is 5.97 Å². The molecule has 1 atom stereocenters. The molecule has 0 aliphatic carbocycles. The van der Waals surface area contributed by atoms with Crippen LogP contribution < -0.4 is 0 Å². The van der Waals surface area contributed by atoms with Crippen molar-refractivity contribution in [1.82, 2.24) is 15.0 Å². The van der Waals surface area contributed by atoms with E-state index in [4.69, 9.17) is 10.2 Å². The molecule has 0 bridgehead atoms. The predicted octanol–water partition coefficient (Wildman–Crippen LogP) is 0.411. The second-order valence-corrected chi connectivity index (χ2v) is 3.71. The Labute approximate surface area is 93.9 Å². The molecule has 0 aliphatic heterocycles. The summed E-state index contributed by atoms with van der Waals surface area (Å²) in [6.07, 6.45) is 1.17. The molecule has 1 aromatic rings. The Kier molecular flexibility index (Phi) is 4.42. The van der Waals surface area contributed by atoms with Crippen LogP contribution in [-0.4, -0.2) is 37.8 Å². The van der Waals surface area contributed by atoms with E-state index in [2.05, 4.69) is 10.3 Å². The molecule has 1 rings (SSSR count). The first-order valence-corrected chi connectivity index (χ1v) is 5.35. The van der Waals surface area contributed by atoms with Gasteiger partial charge in [0.2, 0.25) is 0 Å². The van der Waals surface area contributed by atoms with Gasteiger partial charge in [-0.2, -0.15) is 0 Å². The molecular formula is C10H17N3O3. The Bertz CT molecular complexity index is 362. The topological polar surface area (TPSA) is 88.2 Å². The van der Waals surface area contributed by atoms with Gasteiger partial charge in [0.05, 0.1) is 23.9 Å². The van der Waals surface area contributed by atoms with Crippen LogP contribution in [0.4, 0.5) is 0 Å². The van der Waals surface area contributed by atoms with Crippen molar-refractivity contribution in [1.29, 1.82) is 0 Å². The van der Waals surface area contributed by atoms with Crippen LogP contribution in [0.3, 0.4) is 0 Å². The second-order valence-electron chi connectivity index (χ2n) is 3.71. The molecule has 0 radical (unpaired) electrons. The lowest BCUT2D eigenvalue weighted by Crippen LogP contribution is -2.13. The monoisotopic (exact) mass is 227 g/mol. The van der Waals surface area contributed by atoms with E-state index in [0.717, 1.165) is 5.69 Å². The molecule has 1 heterocycles. The molecule has 0 spiro atoms. The van der Waals surface area contributed by atoms with E-state index in [1.165, 1.54) is 0 Å². The number of rotatable bonds is 6. The first-order valence-electron chi connectivity index (χ1n) is 5.35. The maximum atomic E-state index is 10.6. The van der Waals surface area contributed by atoms with Crippen molar-refractivity contribution in [2.24, 2.45) is 0 Å². The largest absolute Gasteiger partial charge is 0.481 e. The van der Waals surface area contributed by atoms with E-state index in [1.54, 1.807) is 4.68 Å². The number of aliphatic carboxylic acids is 1. The molecule has 0 amide bonds. The van der Waals surface area contributed by atoms with Crippen molar-refractivity contribution in [2.45, 2.75) is 39.2 Å². The van der Waals surface area contributed by atoms with Gasteiger partial charge < -0.3 is 10.2 Å². The number of hydrogen-bond acceptors (Lipinski definition) is 4. The van der Waals surface area contributed by atoms with E-state index in [9.17, 15) is 4.79 Å². The van der Waals surface area contributed by atoms with Crippen LogP contribution in [-0.2, 0) is 17.6 Å². The number of aliphatic hydroxyl groups excluding tert-OH is 1. The molecule has 90 valence electrons. The maximum Gasteiger partial charge on any atom is 0.309 e. The van der Waals surface area contributed by atoms with Gasteiger partial charge >= 0.3 is 5.97 Å². The molecule has 0 fully saturated rings. The third-order valence-electron chi connectivity index (χ3n) is 2.49. The fourth-order valence-electron chi connectivity index (χ4n) is 1.66. The summed E-state index contributed by atoms with van der Waals surface area (Å²) in [6.45, 7) is 3.94. The third kappa shape index (κ3) is 2.79. The second kappa shape index (κ2) is 5.60. The summed E-state index contributed by atoms with van der Waals surface area (Å²) in [5.74, 6) is -0.906. The smallest absolute Gasteiger partial charge is 0.309 e. The molecule has 1 unspecified atom stereocenters. The Hall–Kier alpha value is -1.43. The normalized spacial score (nSPS) is 12.7. The fraction of sp³-hybridized carbons (Fsp3) is 0.700. The molecule has 6 heteroatoms. The number of carboxylic acids is 1. The zero-order valence-electron chi connectivity index (χ0n) is 9.55. The van der Waals surface area contributed by atoms with Crippen LogP contribution in [0.5, 0.6) is 0 Å². The highest BCUT2D eigenvalue weighted by Crippen LogP contribution is 2.15. The van der Waals surface area contributed by atoms with E-state index in [0.29, 0.717) is 18.5 Å². The Morgan fingerprint density at radius 3 is 2.75 bits per heavy atom. The lowest BCUT2D eigenvalue weighted by atomic mass is 10.2. The molecule has 16 heavy (non-hydrogen) atoms. The van der Waals surface area contributed by atoms with Gasteiger partial charge in [0.15, 0.2) is 0 Å². The van der Waals surface area contributed by atoms with Crippen LogP contribution in [0, 0.1) is 0 Å². The fourth-order valence-corrected chi connectivity index (χ4v) is 1.66. The van der Waals surface area contributed by atoms with Gasteiger partial charge in [-0.1, -0.05) is 12.1 Å². The van der Waals surface area contributed by atoms with Crippen molar-refractivity contribution in [3.05, 3.63) is 11.4 Å². The summed E-state index contributed by atoms with van der Waals surface area (Å²) in [4.78, 5) is 10.6. The lowest BCUT2D eigenvalue weighted by Gasteiger charge is -2.12. The highest BCUT2D eigenvalue weighted by atomic mass is 16.4. The van der Waals surface area contributed by atoms with Crippen molar-refractivity contribution in [3.63, 3.8) is 0 Å². The molecule has 0 aliphatic rings. The minimum absolute atomic E-state index is 0.0370. The summed E-state index contributed by atoms with van der Waals surface area (Å²) < 4.78 is 1.70. The van der Waals surface area contributed by atoms with Gasteiger partial charge in [-0.25, -0.2) is 4.68 Å². The minimum atomic E-state index is -0.906. The van der Waals surface area contributed by atoms with Gasteiger partial charge in [0, 0.05) is 6.61 Å². The van der Waals surface area contributed by atoms with Gasteiger partial charge in [0.1, 0.15) is 0 Å². The number of nitrogens with zero attached hydrogens (tertiary/aromatic N) is 3. The molecular weight excluding hydrogens is 210 g/mol. The van der Waals surface area contributed by atoms with Crippen LogP contribution in [0.15, 0.2) is 0 Å². The van der Waals surface area contributed by atoms with Crippen molar-refractivity contribution in [2.75, 3.05) is 6.61 Å². The number of carboxylic acid groups (broad SMARTS) is 1. The summed E-state index contributed by atoms with van der Waals surface area (Å²) in [7, 11) is 0. The highest BCUT2D eigenvalue weighted by Gasteiger charge is 2.17. The number of hydrogen-bond donors (Lipinski definition) is 2. The van der Waals surface area contributed by atoms with E-state index >= 15 is 0 Å². The van der Waals surface area contributed by atoms with Crippen LogP contribution >= 0.6 is 0 Å². The van der Waals surface area contributed by atoms with Gasteiger partial charge in [-0.15, -0.1) is 5.10 Å². The molecule has 0 saturated heterocycles. The maximum absolute atomic E-state index is 10.6. The average Bonchev–Trinajstić information content (AvgIpc) is 2.60. The minimum Gasteiger partial charge on any atom is -0.481 e. The van der Waals surface area contributed by atoms with Crippen molar-refractivity contribution >= 4 is 5.97 Å². The van der Waals surface area contributed by atoms with E-state index in [1.807, 2.05) is 13.8 Å². The number of carbonyl (C=O) groups is 1. The number of aliphatic hydroxyl groups is 1. The zero-order chi connectivity index (χ0) is 12.1. The summed E-state index contributed by atoms with van der Waals surface area (Å²) in [5, 5.41) is 25.4. The van der Waals surface area contributed by atoms with Crippen molar-refractivity contribution in [3.8, 4) is 0 Å². The highest BCUT2D eigenvalue weighted by molar-refractivity contribution is 5.69. The Morgan fingerprint density at radius 2 is 2.25 bits per heavy atom. The van der Waals surface area contributed by atoms with E-state index in [-0.39, 0.29) is 19.1 Å². The lowest BCUT2D eigenvalue weighted by molar-refractivity contribution is -0.136. The molecule has 0 saturated carbocycles. The average molecular weight is 227 g/mol. The van der Waals surface area contributed by atoms with Crippen molar-refractivity contribution < 1.29 is 15.0 Å². The van der Waals surface area contributed by atoms with Gasteiger partial charge in [0.25, 0.3) is 0 Å². The first kappa shape index (κ1) is 12.6. The SMILES string of the molecule is CCc1c(CC(=O)O)nnn1C(C)CCO. The number of aromatic nitrogens is 3. The standard InChI is InChI=1S/C10H17N3O3/c1-3-9-8(6-10(15)16)11-12-13(9)7(2)4-5-14/h7,14H,3-6H2,1-2H3,(H,15,16). The third-order valence-corrected chi connectivity index (χ3v) is 2.49. The summed E-state index contributed by atoms with van der Waals surface area (Å²) in [6, 6.07) is 0.0370. The van der Waals surface area contributed by atoms with Gasteiger partial charge in [-0.05, 0) is 19.8 Å². The van der Waals surface area contributed by atoms with Crippen LogP contribution in [0.2, 0.25) is 0 Å². The molecule has 1 aromatic heterocycles. The van der Waals surface area contributed by atoms with Crippen LogP contribution in [0.25, 0.3) is 0 Å². The summed E-state index contributed by atoms with van der Waals surface area (Å²) >= 11 is 0. The summed E-state index contributed by atoms with van der Waals surface area (Å²) in [5.41, 5.74) is 1.35. The zero-order valence-corrected chi connectivity index (χ0v) is 9.55. The quantitative estimate of drug-likeness (QED) is 0.735. The van der Waals surface area contributed by atoms with Crippen LogP contribution in [0.1, 0.15) is 37.7 Å². The first-order chi connectivity index (χ1) is 7.60.